The zero-order valence-corrected chi connectivity index (χ0v) is 14.8. The fourth-order valence-electron chi connectivity index (χ4n) is 2.13. The van der Waals surface area contributed by atoms with Gasteiger partial charge in [0.1, 0.15) is 0 Å². The van der Waals surface area contributed by atoms with Crippen molar-refractivity contribution in [3.8, 4) is 0 Å². The maximum Gasteiger partial charge on any atom is 0.270 e. The van der Waals surface area contributed by atoms with Gasteiger partial charge < -0.3 is 10.6 Å². The molecule has 0 aliphatic heterocycles. The molecule has 0 bridgehead atoms. The lowest BCUT2D eigenvalue weighted by Crippen LogP contribution is -2.21. The van der Waals surface area contributed by atoms with Crippen molar-refractivity contribution in [1.82, 2.24) is 0 Å². The average molecular weight is 410 g/mol. The van der Waals surface area contributed by atoms with E-state index in [1.807, 2.05) is 0 Å². The van der Waals surface area contributed by atoms with Crippen LogP contribution in [0, 0.1) is 17.5 Å². The normalized spacial score (nSPS) is 12.0. The van der Waals surface area contributed by atoms with Gasteiger partial charge in [-0.1, -0.05) is 0 Å². The highest BCUT2D eigenvalue weighted by Gasteiger charge is 2.31. The lowest BCUT2D eigenvalue weighted by molar-refractivity contribution is 0.0107. The Morgan fingerprint density at radius 2 is 1.11 bits per heavy atom. The van der Waals surface area contributed by atoms with Gasteiger partial charge >= 0.3 is 0 Å². The molecule has 10 heteroatoms. The lowest BCUT2D eigenvalue weighted by Gasteiger charge is -2.19. The van der Waals surface area contributed by atoms with Crippen molar-refractivity contribution in [2.45, 2.75) is 25.7 Å². The molecule has 0 spiro atoms. The first-order valence-corrected chi connectivity index (χ1v) is 7.82. The quantitative estimate of drug-likeness (QED) is 0.360. The molecule has 2 nitrogen and oxygen atoms in total. The van der Waals surface area contributed by atoms with Crippen LogP contribution >= 0.6 is 12.2 Å². The largest absolute Gasteiger partial charge is 0.332 e. The monoisotopic (exact) mass is 410 g/mol. The Balaban J connectivity index is 2.29. The van der Waals surface area contributed by atoms with Gasteiger partial charge in [0.25, 0.3) is 11.8 Å². The molecule has 0 saturated heterocycles. The van der Waals surface area contributed by atoms with Crippen LogP contribution in [0.4, 0.5) is 42.1 Å². The summed E-state index contributed by atoms with van der Waals surface area (Å²) in [7, 11) is 0. The summed E-state index contributed by atoms with van der Waals surface area (Å²) in [5.41, 5.74) is -1.80. The Hall–Kier alpha value is -2.36. The molecule has 0 atom stereocenters. The number of hydrogen-bond acceptors (Lipinski definition) is 1. The van der Waals surface area contributed by atoms with Gasteiger partial charge in [0, 0.05) is 48.5 Å². The van der Waals surface area contributed by atoms with Crippen molar-refractivity contribution in [1.29, 1.82) is 0 Å². The Kier molecular flexibility index (Phi) is 5.69. The smallest absolute Gasteiger partial charge is 0.270 e. The number of halogens is 7. The Labute approximate surface area is 155 Å². The molecule has 0 radical (unpaired) electrons. The topological polar surface area (TPSA) is 24.1 Å². The number of benzene rings is 2. The minimum atomic E-state index is -3.39. The predicted octanol–water partition coefficient (Wildman–Crippen LogP) is 6.14. The van der Waals surface area contributed by atoms with Crippen molar-refractivity contribution in [2.24, 2.45) is 0 Å². The number of rotatable bonds is 4. The Morgan fingerprint density at radius 1 is 0.741 bits per heavy atom. The zero-order valence-electron chi connectivity index (χ0n) is 13.9. The van der Waals surface area contributed by atoms with E-state index in [-0.39, 0.29) is 16.5 Å². The molecular weight excluding hydrogens is 397 g/mol. The molecule has 0 heterocycles. The molecule has 2 aromatic carbocycles. The summed E-state index contributed by atoms with van der Waals surface area (Å²) >= 11 is 4.87. The standard InChI is InChI=1S/C17H13F7N2S/c1-16(21,22)8-3-9(17(2,23)24)5-10(4-8)25-15(27)26-11-6-12(18)14(20)13(19)7-11/h3-7H,1-2H3,(H2,25,26,27). The predicted molar refractivity (Wildman–Crippen MR) is 91.7 cm³/mol. The SMILES string of the molecule is CC(F)(F)c1cc(NC(=S)Nc2cc(F)c(F)c(F)c2)cc(C(C)(F)F)c1. The third-order valence-corrected chi connectivity index (χ3v) is 3.65. The first-order chi connectivity index (χ1) is 12.3. The fourth-order valence-corrected chi connectivity index (χ4v) is 2.36. The van der Waals surface area contributed by atoms with Gasteiger partial charge in [-0.15, -0.1) is 0 Å². The second kappa shape index (κ2) is 7.34. The summed E-state index contributed by atoms with van der Waals surface area (Å²) in [6.07, 6.45) is 0. The van der Waals surface area contributed by atoms with Crippen LogP contribution < -0.4 is 10.6 Å². The number of nitrogens with one attached hydrogen (secondary N) is 2. The van der Waals surface area contributed by atoms with Gasteiger partial charge in [0.05, 0.1) is 0 Å². The minimum Gasteiger partial charge on any atom is -0.332 e. The fraction of sp³-hybridized carbons (Fsp3) is 0.235. The third kappa shape index (κ3) is 5.31. The highest BCUT2D eigenvalue weighted by Crippen LogP contribution is 2.35. The van der Waals surface area contributed by atoms with E-state index in [0.29, 0.717) is 32.0 Å². The van der Waals surface area contributed by atoms with Gasteiger partial charge in [-0.2, -0.15) is 0 Å². The van der Waals surface area contributed by atoms with E-state index in [1.54, 1.807) is 0 Å². The highest BCUT2D eigenvalue weighted by atomic mass is 32.1. The van der Waals surface area contributed by atoms with Crippen LogP contribution in [0.3, 0.4) is 0 Å². The van der Waals surface area contributed by atoms with E-state index in [1.165, 1.54) is 0 Å². The molecule has 0 aromatic heterocycles. The summed E-state index contributed by atoms with van der Waals surface area (Å²) < 4.78 is 93.6. The van der Waals surface area contributed by atoms with Gasteiger partial charge in [-0.25, -0.2) is 30.7 Å². The van der Waals surface area contributed by atoms with Crippen molar-refractivity contribution in [3.05, 3.63) is 58.9 Å². The van der Waals surface area contributed by atoms with Crippen LogP contribution in [-0.4, -0.2) is 5.11 Å². The van der Waals surface area contributed by atoms with Crippen molar-refractivity contribution in [3.63, 3.8) is 0 Å². The molecule has 0 fully saturated rings. The molecule has 2 aromatic rings. The molecule has 27 heavy (non-hydrogen) atoms. The van der Waals surface area contributed by atoms with Crippen molar-refractivity contribution >= 4 is 28.7 Å². The third-order valence-electron chi connectivity index (χ3n) is 3.45. The van der Waals surface area contributed by atoms with Gasteiger partial charge in [0.2, 0.25) is 0 Å². The van der Waals surface area contributed by atoms with E-state index in [9.17, 15) is 30.7 Å². The number of hydrogen-bond donors (Lipinski definition) is 2. The second-order valence-electron chi connectivity index (χ2n) is 5.91. The highest BCUT2D eigenvalue weighted by molar-refractivity contribution is 7.80. The molecule has 0 aliphatic carbocycles. The lowest BCUT2D eigenvalue weighted by atomic mass is 10.0. The van der Waals surface area contributed by atoms with Crippen LogP contribution in [0.15, 0.2) is 30.3 Å². The zero-order chi connectivity index (χ0) is 20.6. The molecule has 0 aliphatic rings. The number of anilines is 2. The Bertz CT molecular complexity index is 817. The van der Waals surface area contributed by atoms with Crippen LogP contribution in [0.5, 0.6) is 0 Å². The van der Waals surface area contributed by atoms with Crippen LogP contribution in [0.1, 0.15) is 25.0 Å². The van der Waals surface area contributed by atoms with Crippen molar-refractivity contribution < 1.29 is 30.7 Å². The summed E-state index contributed by atoms with van der Waals surface area (Å²) in [6, 6.07) is 3.74. The van der Waals surface area contributed by atoms with Crippen LogP contribution in [0.25, 0.3) is 0 Å². The van der Waals surface area contributed by atoms with E-state index in [4.69, 9.17) is 12.2 Å². The second-order valence-corrected chi connectivity index (χ2v) is 6.32. The van der Waals surface area contributed by atoms with Gasteiger partial charge in [-0.3, -0.25) is 0 Å². The summed E-state index contributed by atoms with van der Waals surface area (Å²) in [5, 5.41) is 4.37. The first-order valence-electron chi connectivity index (χ1n) is 7.41. The average Bonchev–Trinajstić information content (AvgIpc) is 2.50. The maximum atomic E-state index is 13.6. The summed E-state index contributed by atoms with van der Waals surface area (Å²) in [4.78, 5) is 0. The number of alkyl halides is 4. The van der Waals surface area contributed by atoms with Gasteiger partial charge in [0.15, 0.2) is 22.6 Å². The van der Waals surface area contributed by atoms with Crippen molar-refractivity contribution in [2.75, 3.05) is 10.6 Å². The first kappa shape index (κ1) is 20.9. The summed E-state index contributed by atoms with van der Waals surface area (Å²) in [5.74, 6) is -11.4. The molecule has 0 saturated carbocycles. The maximum absolute atomic E-state index is 13.6. The molecule has 2 N–H and O–H groups in total. The molecule has 0 unspecified atom stereocenters. The van der Waals surface area contributed by atoms with E-state index in [0.717, 1.165) is 12.1 Å². The molecular formula is C17H13F7N2S. The minimum absolute atomic E-state index is 0.189. The molecule has 0 amide bonds. The number of thiocarbonyl (C=S) groups is 1. The van der Waals surface area contributed by atoms with Gasteiger partial charge in [-0.05, 0) is 30.4 Å². The van der Waals surface area contributed by atoms with Crippen LogP contribution in [0.2, 0.25) is 0 Å². The Morgan fingerprint density at radius 3 is 1.48 bits per heavy atom. The van der Waals surface area contributed by atoms with E-state index in [2.05, 4.69) is 10.6 Å². The van der Waals surface area contributed by atoms with Crippen LogP contribution in [-0.2, 0) is 11.8 Å². The molecule has 2 rings (SSSR count). The van der Waals surface area contributed by atoms with E-state index < -0.39 is 40.4 Å². The molecule has 146 valence electrons. The van der Waals surface area contributed by atoms with E-state index >= 15 is 0 Å². The summed E-state index contributed by atoms with van der Waals surface area (Å²) in [6.45, 7) is 1.09.